The molecule has 1 aromatic rings. The summed E-state index contributed by atoms with van der Waals surface area (Å²) in [5.41, 5.74) is 2.16. The highest BCUT2D eigenvalue weighted by Crippen LogP contribution is 2.29. The van der Waals surface area contributed by atoms with Gasteiger partial charge in [-0.1, -0.05) is 30.2 Å². The van der Waals surface area contributed by atoms with Crippen LogP contribution < -0.4 is 5.56 Å². The zero-order valence-corrected chi connectivity index (χ0v) is 13.5. The second-order valence-electron chi connectivity index (χ2n) is 6.16. The number of hydrogen-bond acceptors (Lipinski definition) is 3. The standard InChI is InChI=1S/C13H15NO3.C6H4/c1-5-10-7-6-8-14(12(10)16)9-11(15)17-13(2,3)4;1-2-6-4-3-5(1)6/h1,6-8H,9H2,2-4H3;1-4H. The van der Waals surface area contributed by atoms with Crippen molar-refractivity contribution in [2.45, 2.75) is 32.9 Å². The molecule has 1 heterocycles. The van der Waals surface area contributed by atoms with Gasteiger partial charge in [0.2, 0.25) is 0 Å². The minimum atomic E-state index is -0.565. The first kappa shape index (κ1) is 16.6. The smallest absolute Gasteiger partial charge is 0.326 e. The summed E-state index contributed by atoms with van der Waals surface area (Å²) in [5, 5.41) is 0. The van der Waals surface area contributed by atoms with E-state index in [-0.39, 0.29) is 17.7 Å². The Balaban J connectivity index is 0.000000260. The fourth-order valence-electron chi connectivity index (χ4n) is 1.95. The molecule has 0 aromatic carbocycles. The van der Waals surface area contributed by atoms with Gasteiger partial charge in [-0.05, 0) is 44.0 Å². The number of terminal acetylenes is 1. The van der Waals surface area contributed by atoms with Gasteiger partial charge in [-0.2, -0.15) is 0 Å². The Morgan fingerprint density at radius 3 is 2.13 bits per heavy atom. The van der Waals surface area contributed by atoms with Crippen LogP contribution in [-0.4, -0.2) is 16.1 Å². The number of rotatable bonds is 2. The summed E-state index contributed by atoms with van der Waals surface area (Å²) in [7, 11) is 0. The van der Waals surface area contributed by atoms with Crippen LogP contribution in [0.25, 0.3) is 11.1 Å². The second-order valence-corrected chi connectivity index (χ2v) is 6.16. The van der Waals surface area contributed by atoms with Gasteiger partial charge in [0, 0.05) is 6.20 Å². The van der Waals surface area contributed by atoms with Crippen LogP contribution in [0.15, 0.2) is 47.4 Å². The number of pyridine rings is 1. The Morgan fingerprint density at radius 2 is 1.74 bits per heavy atom. The molecule has 0 amide bonds. The number of nitrogens with zero attached hydrogens (tertiary/aromatic N) is 1. The molecule has 118 valence electrons. The zero-order chi connectivity index (χ0) is 17.0. The maximum absolute atomic E-state index is 11.7. The van der Waals surface area contributed by atoms with Gasteiger partial charge >= 0.3 is 5.97 Å². The molecule has 2 aliphatic carbocycles. The summed E-state index contributed by atoms with van der Waals surface area (Å²) < 4.78 is 6.36. The molecule has 0 spiro atoms. The number of fused-ring (bicyclic) bond motifs is 1. The molecule has 4 nitrogen and oxygen atoms in total. The van der Waals surface area contributed by atoms with E-state index in [0.717, 1.165) is 0 Å². The van der Waals surface area contributed by atoms with Crippen LogP contribution in [0.1, 0.15) is 26.3 Å². The molecule has 0 atom stereocenters. The van der Waals surface area contributed by atoms with Crippen molar-refractivity contribution in [2.24, 2.45) is 0 Å². The third-order valence-electron chi connectivity index (χ3n) is 3.11. The lowest BCUT2D eigenvalue weighted by Crippen LogP contribution is -2.31. The SMILES string of the molecule is C#Cc1cccn(CC(=O)OC(C)(C)C)c1=O.c1cc2ccc1-2. The summed E-state index contributed by atoms with van der Waals surface area (Å²) in [6.45, 7) is 5.17. The normalized spacial score (nSPS) is 10.9. The first-order valence-electron chi connectivity index (χ1n) is 7.28. The summed E-state index contributed by atoms with van der Waals surface area (Å²) in [4.78, 5) is 23.3. The van der Waals surface area contributed by atoms with Crippen molar-refractivity contribution < 1.29 is 9.53 Å². The topological polar surface area (TPSA) is 48.3 Å². The van der Waals surface area contributed by atoms with Gasteiger partial charge in [0.25, 0.3) is 5.56 Å². The van der Waals surface area contributed by atoms with Crippen molar-refractivity contribution in [3.8, 4) is 23.5 Å². The number of ether oxygens (including phenoxy) is 1. The van der Waals surface area contributed by atoms with Gasteiger partial charge in [-0.3, -0.25) is 9.59 Å². The molecule has 23 heavy (non-hydrogen) atoms. The molecule has 3 rings (SSSR count). The van der Waals surface area contributed by atoms with E-state index < -0.39 is 11.6 Å². The highest BCUT2D eigenvalue weighted by molar-refractivity contribution is 5.75. The number of aromatic nitrogens is 1. The summed E-state index contributed by atoms with van der Waals surface area (Å²) >= 11 is 0. The Hall–Kier alpha value is -2.80. The molecule has 0 fully saturated rings. The van der Waals surface area contributed by atoms with Crippen LogP contribution in [0, 0.1) is 12.3 Å². The van der Waals surface area contributed by atoms with Crippen molar-refractivity contribution in [3.63, 3.8) is 0 Å². The van der Waals surface area contributed by atoms with Gasteiger partial charge in [-0.25, -0.2) is 0 Å². The summed E-state index contributed by atoms with van der Waals surface area (Å²) in [6, 6.07) is 11.6. The summed E-state index contributed by atoms with van der Waals surface area (Å²) in [6.07, 6.45) is 6.68. The molecule has 4 heteroatoms. The number of hydrogen-bond donors (Lipinski definition) is 0. The molecule has 2 aliphatic rings. The highest BCUT2D eigenvalue weighted by atomic mass is 16.6. The number of carbonyl (C=O) groups excluding carboxylic acids is 1. The predicted molar refractivity (Wildman–Crippen MR) is 89.9 cm³/mol. The van der Waals surface area contributed by atoms with E-state index in [1.54, 1.807) is 26.8 Å². The lowest BCUT2D eigenvalue weighted by atomic mass is 9.95. The van der Waals surface area contributed by atoms with E-state index in [2.05, 4.69) is 30.2 Å². The first-order chi connectivity index (χ1) is 10.8. The molecule has 0 saturated carbocycles. The molecular weight excluding hydrogens is 290 g/mol. The predicted octanol–water partition coefficient (Wildman–Crippen LogP) is 2.84. The Morgan fingerprint density at radius 1 is 1.17 bits per heavy atom. The van der Waals surface area contributed by atoms with Gasteiger partial charge in [0.15, 0.2) is 0 Å². The molecular formula is C19H19NO3. The monoisotopic (exact) mass is 309 g/mol. The van der Waals surface area contributed by atoms with Crippen molar-refractivity contribution in [1.29, 1.82) is 0 Å². The van der Waals surface area contributed by atoms with Crippen molar-refractivity contribution in [3.05, 3.63) is 58.5 Å². The van der Waals surface area contributed by atoms with Gasteiger partial charge < -0.3 is 9.30 Å². The largest absolute Gasteiger partial charge is 0.459 e. The van der Waals surface area contributed by atoms with E-state index in [0.29, 0.717) is 0 Å². The van der Waals surface area contributed by atoms with E-state index in [1.165, 1.54) is 28.0 Å². The fraction of sp³-hybridized carbons (Fsp3) is 0.263. The number of carbonyl (C=O) groups is 1. The third-order valence-corrected chi connectivity index (χ3v) is 3.11. The van der Waals surface area contributed by atoms with Gasteiger partial charge in [0.1, 0.15) is 12.1 Å². The van der Waals surface area contributed by atoms with Gasteiger partial charge in [0.05, 0.1) is 5.56 Å². The van der Waals surface area contributed by atoms with Crippen LogP contribution in [-0.2, 0) is 16.1 Å². The maximum atomic E-state index is 11.7. The van der Waals surface area contributed by atoms with Crippen molar-refractivity contribution in [2.75, 3.05) is 0 Å². The second kappa shape index (κ2) is 6.53. The van der Waals surface area contributed by atoms with Gasteiger partial charge in [-0.15, -0.1) is 6.42 Å². The summed E-state index contributed by atoms with van der Waals surface area (Å²) in [5.74, 6) is 1.81. The van der Waals surface area contributed by atoms with Crippen LogP contribution >= 0.6 is 0 Å². The lowest BCUT2D eigenvalue weighted by molar-refractivity contribution is -0.155. The van der Waals surface area contributed by atoms with Crippen LogP contribution in [0.3, 0.4) is 0 Å². The average molecular weight is 309 g/mol. The average Bonchev–Trinajstić information content (AvgIpc) is 2.44. The van der Waals surface area contributed by atoms with E-state index >= 15 is 0 Å². The third kappa shape index (κ3) is 4.33. The van der Waals surface area contributed by atoms with Crippen LogP contribution in [0.4, 0.5) is 0 Å². The van der Waals surface area contributed by atoms with E-state index in [1.807, 2.05) is 0 Å². The van der Waals surface area contributed by atoms with Crippen LogP contribution in [0.5, 0.6) is 0 Å². The van der Waals surface area contributed by atoms with E-state index in [4.69, 9.17) is 11.2 Å². The highest BCUT2D eigenvalue weighted by Gasteiger charge is 2.17. The quantitative estimate of drug-likeness (QED) is 0.540. The minimum Gasteiger partial charge on any atom is -0.459 e. The van der Waals surface area contributed by atoms with Crippen molar-refractivity contribution in [1.82, 2.24) is 4.57 Å². The number of esters is 1. The number of benzene rings is 1. The molecule has 0 bridgehead atoms. The van der Waals surface area contributed by atoms with Crippen LogP contribution in [0.2, 0.25) is 0 Å². The fourth-order valence-corrected chi connectivity index (χ4v) is 1.95. The maximum Gasteiger partial charge on any atom is 0.326 e. The molecule has 1 aromatic heterocycles. The van der Waals surface area contributed by atoms with E-state index in [9.17, 15) is 9.59 Å². The molecule has 0 saturated heterocycles. The molecule has 0 aliphatic heterocycles. The van der Waals surface area contributed by atoms with Crippen molar-refractivity contribution >= 4 is 5.97 Å². The molecule has 0 unspecified atom stereocenters. The Kier molecular flexibility index (Phi) is 4.71. The molecule has 0 N–H and O–H groups in total. The minimum absolute atomic E-state index is 0.133. The molecule has 0 radical (unpaired) electrons. The Labute approximate surface area is 135 Å². The first-order valence-corrected chi connectivity index (χ1v) is 7.28. The lowest BCUT2D eigenvalue weighted by Gasteiger charge is -2.19. The zero-order valence-electron chi connectivity index (χ0n) is 13.5. The Bertz CT molecular complexity index is 781.